The van der Waals surface area contributed by atoms with Crippen molar-refractivity contribution < 1.29 is 9.21 Å². The van der Waals surface area contributed by atoms with Crippen molar-refractivity contribution in [2.45, 2.75) is 30.1 Å². The molecule has 0 spiro atoms. The third kappa shape index (κ3) is 3.93. The lowest BCUT2D eigenvalue weighted by atomic mass is 9.96. The minimum absolute atomic E-state index is 0.254. The zero-order valence-corrected chi connectivity index (χ0v) is 15.5. The summed E-state index contributed by atoms with van der Waals surface area (Å²) in [4.78, 5) is 20.3. The number of carbonyl (C=O) groups is 1. The van der Waals surface area contributed by atoms with Crippen molar-refractivity contribution in [1.82, 2.24) is 9.88 Å². The summed E-state index contributed by atoms with van der Waals surface area (Å²) >= 11 is 1.74. The fourth-order valence-corrected chi connectivity index (χ4v) is 4.23. The predicted molar refractivity (Wildman–Crippen MR) is 104 cm³/mol. The molecule has 1 fully saturated rings. The smallest absolute Gasteiger partial charge is 0.223 e. The molecule has 4 rings (SSSR count). The largest absolute Gasteiger partial charge is 0.440 e. The first-order valence-electron chi connectivity index (χ1n) is 9.11. The lowest BCUT2D eigenvalue weighted by Gasteiger charge is -2.30. The molecule has 0 N–H and O–H groups in total. The van der Waals surface area contributed by atoms with E-state index in [0.29, 0.717) is 12.3 Å². The van der Waals surface area contributed by atoms with Gasteiger partial charge < -0.3 is 9.32 Å². The van der Waals surface area contributed by atoms with Gasteiger partial charge >= 0.3 is 0 Å². The number of rotatable bonds is 5. The van der Waals surface area contributed by atoms with Gasteiger partial charge in [-0.1, -0.05) is 30.3 Å². The molecule has 0 radical (unpaired) electrons. The second-order valence-corrected chi connectivity index (χ2v) is 7.75. The van der Waals surface area contributed by atoms with Gasteiger partial charge in [0.2, 0.25) is 5.91 Å². The van der Waals surface area contributed by atoms with E-state index in [0.717, 1.165) is 48.7 Å². The highest BCUT2D eigenvalue weighted by atomic mass is 32.2. The van der Waals surface area contributed by atoms with Crippen molar-refractivity contribution >= 4 is 28.8 Å². The van der Waals surface area contributed by atoms with E-state index in [1.807, 2.05) is 47.4 Å². The Balaban J connectivity index is 1.27. The van der Waals surface area contributed by atoms with Crippen molar-refractivity contribution in [3.63, 3.8) is 0 Å². The molecule has 0 aliphatic carbocycles. The summed E-state index contributed by atoms with van der Waals surface area (Å²) < 4.78 is 5.90. The second-order valence-electron chi connectivity index (χ2n) is 6.59. The average Bonchev–Trinajstić information content (AvgIpc) is 3.13. The van der Waals surface area contributed by atoms with Gasteiger partial charge in [-0.15, -0.1) is 11.8 Å². The van der Waals surface area contributed by atoms with Crippen LogP contribution in [0.5, 0.6) is 0 Å². The Bertz CT molecular complexity index is 837. The van der Waals surface area contributed by atoms with Gasteiger partial charge in [0.1, 0.15) is 5.52 Å². The third-order valence-corrected chi connectivity index (χ3v) is 5.85. The van der Waals surface area contributed by atoms with Gasteiger partial charge in [-0.3, -0.25) is 4.79 Å². The number of benzene rings is 2. The van der Waals surface area contributed by atoms with Crippen LogP contribution in [0.4, 0.5) is 0 Å². The standard InChI is InChI=1S/C21H22N2O2S/c24-20(12-15-26-17-6-2-1-3-7-17)23-13-10-16(11-14-23)21-22-18-8-4-5-9-19(18)25-21/h1-9,16H,10-15H2. The Morgan fingerprint density at radius 3 is 2.58 bits per heavy atom. The molecule has 5 heteroatoms. The molecule has 0 saturated carbocycles. The van der Waals surface area contributed by atoms with Crippen molar-refractivity contribution in [3.05, 3.63) is 60.5 Å². The van der Waals surface area contributed by atoms with Crippen LogP contribution in [0.15, 0.2) is 63.9 Å². The van der Waals surface area contributed by atoms with E-state index in [4.69, 9.17) is 4.42 Å². The van der Waals surface area contributed by atoms with Crippen LogP contribution in [0, 0.1) is 0 Å². The van der Waals surface area contributed by atoms with Crippen LogP contribution < -0.4 is 0 Å². The van der Waals surface area contributed by atoms with Gasteiger partial charge in [-0.2, -0.15) is 0 Å². The van der Waals surface area contributed by atoms with E-state index >= 15 is 0 Å². The van der Waals surface area contributed by atoms with Crippen LogP contribution >= 0.6 is 11.8 Å². The summed E-state index contributed by atoms with van der Waals surface area (Å²) in [5.74, 6) is 2.21. The summed E-state index contributed by atoms with van der Waals surface area (Å²) in [6, 6.07) is 18.1. The first kappa shape index (κ1) is 17.2. The van der Waals surface area contributed by atoms with Crippen LogP contribution in [0.3, 0.4) is 0 Å². The Kier molecular flexibility index (Phi) is 5.25. The van der Waals surface area contributed by atoms with Crippen molar-refractivity contribution in [2.75, 3.05) is 18.8 Å². The highest BCUT2D eigenvalue weighted by Gasteiger charge is 2.26. The number of nitrogens with zero attached hydrogens (tertiary/aromatic N) is 2. The number of hydrogen-bond acceptors (Lipinski definition) is 4. The maximum absolute atomic E-state index is 12.4. The number of thioether (sulfide) groups is 1. The summed E-state index contributed by atoms with van der Waals surface area (Å²) in [5, 5.41) is 0. The molecule has 0 bridgehead atoms. The maximum atomic E-state index is 12.4. The van der Waals surface area contributed by atoms with Gasteiger partial charge in [0.15, 0.2) is 11.5 Å². The van der Waals surface area contributed by atoms with E-state index in [1.165, 1.54) is 4.90 Å². The molecule has 0 atom stereocenters. The van der Waals surface area contributed by atoms with Crippen LogP contribution in [0.25, 0.3) is 11.1 Å². The first-order chi connectivity index (χ1) is 12.8. The van der Waals surface area contributed by atoms with Crippen molar-refractivity contribution in [2.24, 2.45) is 0 Å². The van der Waals surface area contributed by atoms with Crippen LogP contribution in [-0.4, -0.2) is 34.6 Å². The summed E-state index contributed by atoms with van der Waals surface area (Å²) in [6.07, 6.45) is 2.43. The van der Waals surface area contributed by atoms with E-state index < -0.39 is 0 Å². The Morgan fingerprint density at radius 2 is 1.81 bits per heavy atom. The molecule has 4 nitrogen and oxygen atoms in total. The lowest BCUT2D eigenvalue weighted by Crippen LogP contribution is -2.38. The molecule has 1 aliphatic heterocycles. The minimum Gasteiger partial charge on any atom is -0.440 e. The molecule has 1 amide bonds. The number of aromatic nitrogens is 1. The monoisotopic (exact) mass is 366 g/mol. The van der Waals surface area contributed by atoms with Crippen LogP contribution in [0.2, 0.25) is 0 Å². The van der Waals surface area contributed by atoms with Gasteiger partial charge in [0.25, 0.3) is 0 Å². The quantitative estimate of drug-likeness (QED) is 0.613. The molecule has 134 valence electrons. The number of likely N-dealkylation sites (tertiary alicyclic amines) is 1. The number of piperidine rings is 1. The van der Waals surface area contributed by atoms with Crippen molar-refractivity contribution in [3.8, 4) is 0 Å². The summed E-state index contributed by atoms with van der Waals surface area (Å²) in [6.45, 7) is 1.58. The van der Waals surface area contributed by atoms with Gasteiger partial charge in [0.05, 0.1) is 0 Å². The highest BCUT2D eigenvalue weighted by molar-refractivity contribution is 7.99. The zero-order chi connectivity index (χ0) is 17.8. The zero-order valence-electron chi connectivity index (χ0n) is 14.6. The van der Waals surface area contributed by atoms with E-state index in [2.05, 4.69) is 17.1 Å². The fraction of sp³-hybridized carbons (Fsp3) is 0.333. The SMILES string of the molecule is O=C(CCSc1ccccc1)N1CCC(c2nc3ccccc3o2)CC1. The predicted octanol–water partition coefficient (Wildman–Crippen LogP) is 4.72. The number of carbonyl (C=O) groups excluding carboxylic acids is 1. The second kappa shape index (κ2) is 7.96. The molecule has 2 heterocycles. The van der Waals surface area contributed by atoms with Gasteiger partial charge in [-0.05, 0) is 37.1 Å². The fourth-order valence-electron chi connectivity index (χ4n) is 3.37. The van der Waals surface area contributed by atoms with Gasteiger partial charge in [-0.25, -0.2) is 4.98 Å². The van der Waals surface area contributed by atoms with Gasteiger partial charge in [0, 0.05) is 36.1 Å². The molecule has 0 unspecified atom stereocenters. The number of hydrogen-bond donors (Lipinski definition) is 0. The Morgan fingerprint density at radius 1 is 1.08 bits per heavy atom. The Labute approximate surface area is 157 Å². The van der Waals surface area contributed by atoms with E-state index in [9.17, 15) is 4.79 Å². The van der Waals surface area contributed by atoms with E-state index in [-0.39, 0.29) is 5.91 Å². The molecular weight excluding hydrogens is 344 g/mol. The molecule has 1 aromatic heterocycles. The van der Waals surface area contributed by atoms with Crippen molar-refractivity contribution in [1.29, 1.82) is 0 Å². The summed E-state index contributed by atoms with van der Waals surface area (Å²) in [5.41, 5.74) is 1.76. The number of oxazole rings is 1. The first-order valence-corrected chi connectivity index (χ1v) is 10.1. The maximum Gasteiger partial charge on any atom is 0.223 e. The lowest BCUT2D eigenvalue weighted by molar-refractivity contribution is -0.131. The van der Waals surface area contributed by atoms with E-state index in [1.54, 1.807) is 11.8 Å². The minimum atomic E-state index is 0.254. The normalized spacial score (nSPS) is 15.5. The topological polar surface area (TPSA) is 46.3 Å². The third-order valence-electron chi connectivity index (χ3n) is 4.84. The summed E-state index contributed by atoms with van der Waals surface area (Å²) in [7, 11) is 0. The molecular formula is C21H22N2O2S. The van der Waals surface area contributed by atoms with Crippen LogP contribution in [0.1, 0.15) is 31.1 Å². The molecule has 1 saturated heterocycles. The number of amides is 1. The number of fused-ring (bicyclic) bond motifs is 1. The molecule has 26 heavy (non-hydrogen) atoms. The van der Waals surface area contributed by atoms with Crippen LogP contribution in [-0.2, 0) is 4.79 Å². The molecule has 1 aliphatic rings. The highest BCUT2D eigenvalue weighted by Crippen LogP contribution is 2.30. The molecule has 2 aromatic carbocycles. The number of para-hydroxylation sites is 2. The Hall–Kier alpha value is -2.27. The molecule has 3 aromatic rings. The average molecular weight is 366 g/mol.